The van der Waals surface area contributed by atoms with Crippen LogP contribution < -0.4 is 0 Å². The van der Waals surface area contributed by atoms with E-state index in [9.17, 15) is 13.2 Å². The Kier molecular flexibility index (Phi) is 6.51. The second-order valence-electron chi connectivity index (χ2n) is 4.49. The molecular formula is C10H21F3OSi. The van der Waals surface area contributed by atoms with Crippen LogP contribution in [-0.4, -0.2) is 21.6 Å². The smallest absolute Gasteiger partial charge is 0.389 e. The van der Waals surface area contributed by atoms with Crippen LogP contribution in [0.1, 0.15) is 32.1 Å². The monoisotopic (exact) mass is 242 g/mol. The summed E-state index contributed by atoms with van der Waals surface area (Å²) in [6, 6.07) is 1.04. The van der Waals surface area contributed by atoms with Crippen molar-refractivity contribution in [3.8, 4) is 0 Å². The molecule has 5 heteroatoms. The lowest BCUT2D eigenvalue weighted by Gasteiger charge is -2.19. The lowest BCUT2D eigenvalue weighted by atomic mass is 10.1. The van der Waals surface area contributed by atoms with Gasteiger partial charge in [-0.05, 0) is 25.6 Å². The predicted molar refractivity (Wildman–Crippen MR) is 58.4 cm³/mol. The third-order valence-corrected chi connectivity index (χ3v) is 5.20. The molecule has 0 aromatic carbocycles. The highest BCUT2D eigenvalue weighted by Crippen LogP contribution is 2.23. The van der Waals surface area contributed by atoms with E-state index >= 15 is 0 Å². The molecule has 0 heterocycles. The van der Waals surface area contributed by atoms with E-state index in [1.807, 2.05) is 0 Å². The Bertz CT molecular complexity index is 169. The highest BCUT2D eigenvalue weighted by atomic mass is 28.4. The third kappa shape index (κ3) is 10.3. The molecule has 0 fully saturated rings. The summed E-state index contributed by atoms with van der Waals surface area (Å²) in [5.74, 6) is 0. The van der Waals surface area contributed by atoms with Crippen LogP contribution in [0.15, 0.2) is 0 Å². The van der Waals surface area contributed by atoms with Crippen LogP contribution in [0.3, 0.4) is 0 Å². The van der Waals surface area contributed by atoms with E-state index in [2.05, 4.69) is 13.1 Å². The number of unbranched alkanes of at least 4 members (excludes halogenated alkanes) is 3. The lowest BCUT2D eigenvalue weighted by Crippen LogP contribution is -2.27. The summed E-state index contributed by atoms with van der Waals surface area (Å²) in [7, 11) is 0.222. The minimum absolute atomic E-state index is 0.262. The van der Waals surface area contributed by atoms with Crippen LogP contribution >= 0.6 is 0 Å². The zero-order chi connectivity index (χ0) is 11.9. The van der Waals surface area contributed by atoms with Crippen molar-refractivity contribution in [3.05, 3.63) is 0 Å². The summed E-state index contributed by atoms with van der Waals surface area (Å²) < 4.78 is 40.7. The van der Waals surface area contributed by atoms with E-state index in [0.717, 1.165) is 18.9 Å². The van der Waals surface area contributed by atoms with Crippen molar-refractivity contribution in [3.63, 3.8) is 0 Å². The zero-order valence-corrected chi connectivity index (χ0v) is 10.8. The third-order valence-electron chi connectivity index (χ3n) is 2.54. The molecule has 0 aliphatic rings. The van der Waals surface area contributed by atoms with Crippen LogP contribution in [0.25, 0.3) is 0 Å². The Morgan fingerprint density at radius 2 is 1.53 bits per heavy atom. The van der Waals surface area contributed by atoms with Gasteiger partial charge < -0.3 is 4.43 Å². The molecule has 0 radical (unpaired) electrons. The van der Waals surface area contributed by atoms with Gasteiger partial charge in [-0.3, -0.25) is 0 Å². The van der Waals surface area contributed by atoms with Gasteiger partial charge in [0.25, 0.3) is 0 Å². The molecule has 0 unspecified atom stereocenters. The van der Waals surface area contributed by atoms with Gasteiger partial charge in [0.2, 0.25) is 0 Å². The molecule has 0 spiro atoms. The maximum absolute atomic E-state index is 11.8. The standard InChI is InChI=1S/C10H21F3OSi/c1-14-15(2,3)9-7-5-4-6-8-10(11,12)13/h4-9H2,1-3H3. The molecule has 15 heavy (non-hydrogen) atoms. The average Bonchev–Trinajstić information content (AvgIpc) is 2.09. The molecule has 0 N–H and O–H groups in total. The number of hydrogen-bond donors (Lipinski definition) is 0. The largest absolute Gasteiger partial charge is 0.420 e. The molecule has 0 bridgehead atoms. The molecule has 0 saturated heterocycles. The minimum atomic E-state index is -3.99. The van der Waals surface area contributed by atoms with Crippen LogP contribution in [0.5, 0.6) is 0 Å². The first-order valence-electron chi connectivity index (χ1n) is 5.39. The van der Waals surface area contributed by atoms with Gasteiger partial charge >= 0.3 is 6.18 Å². The summed E-state index contributed by atoms with van der Waals surface area (Å²) in [5.41, 5.74) is 0. The molecule has 0 aromatic rings. The predicted octanol–water partition coefficient (Wildman–Crippen LogP) is 4.35. The summed E-state index contributed by atoms with van der Waals surface area (Å²) in [6.07, 6.45) is -1.81. The minimum Gasteiger partial charge on any atom is -0.420 e. The summed E-state index contributed by atoms with van der Waals surface area (Å²) in [6.45, 7) is 4.26. The first-order valence-corrected chi connectivity index (χ1v) is 8.50. The van der Waals surface area contributed by atoms with Gasteiger partial charge in [-0.15, -0.1) is 0 Å². The molecule has 0 aliphatic carbocycles. The Hall–Kier alpha value is -0.0331. The second kappa shape index (κ2) is 6.53. The van der Waals surface area contributed by atoms with Crippen LogP contribution in [0, 0.1) is 0 Å². The first kappa shape index (κ1) is 15.0. The molecule has 0 aliphatic heterocycles. The first-order chi connectivity index (χ1) is 6.77. The van der Waals surface area contributed by atoms with Crippen molar-refractivity contribution in [2.45, 2.75) is 57.4 Å². The van der Waals surface area contributed by atoms with Gasteiger partial charge in [0, 0.05) is 13.5 Å². The van der Waals surface area contributed by atoms with E-state index in [-0.39, 0.29) is 6.42 Å². The van der Waals surface area contributed by atoms with E-state index < -0.39 is 20.9 Å². The number of halogens is 3. The summed E-state index contributed by atoms with van der Waals surface area (Å²) in [5, 5.41) is 0. The van der Waals surface area contributed by atoms with E-state index in [4.69, 9.17) is 4.43 Å². The van der Waals surface area contributed by atoms with Crippen LogP contribution in [0.2, 0.25) is 19.1 Å². The Balaban J connectivity index is 3.33. The Morgan fingerprint density at radius 1 is 1.00 bits per heavy atom. The van der Waals surface area contributed by atoms with Crippen LogP contribution in [0.4, 0.5) is 13.2 Å². The van der Waals surface area contributed by atoms with Crippen molar-refractivity contribution >= 4 is 8.32 Å². The van der Waals surface area contributed by atoms with Gasteiger partial charge in [-0.2, -0.15) is 13.2 Å². The molecular weight excluding hydrogens is 221 g/mol. The summed E-state index contributed by atoms with van der Waals surface area (Å²) >= 11 is 0. The molecule has 0 aromatic heterocycles. The van der Waals surface area contributed by atoms with Gasteiger partial charge in [0.15, 0.2) is 8.32 Å². The highest BCUT2D eigenvalue weighted by molar-refractivity contribution is 6.71. The molecule has 1 nitrogen and oxygen atoms in total. The van der Waals surface area contributed by atoms with Crippen molar-refractivity contribution in [2.75, 3.05) is 7.11 Å². The fourth-order valence-corrected chi connectivity index (χ4v) is 2.64. The number of rotatable bonds is 7. The maximum atomic E-state index is 11.8. The molecule has 0 saturated carbocycles. The van der Waals surface area contributed by atoms with E-state index in [1.165, 1.54) is 0 Å². The molecule has 0 rings (SSSR count). The quantitative estimate of drug-likeness (QED) is 0.476. The Morgan fingerprint density at radius 3 is 2.00 bits per heavy atom. The SMILES string of the molecule is CO[Si](C)(C)CCCCCCC(F)(F)F. The van der Waals surface area contributed by atoms with Gasteiger partial charge in [0.1, 0.15) is 0 Å². The fraction of sp³-hybridized carbons (Fsp3) is 1.00. The van der Waals surface area contributed by atoms with Crippen molar-refractivity contribution in [1.29, 1.82) is 0 Å². The fourth-order valence-electron chi connectivity index (χ4n) is 1.33. The van der Waals surface area contributed by atoms with E-state index in [1.54, 1.807) is 7.11 Å². The van der Waals surface area contributed by atoms with Crippen molar-refractivity contribution in [1.82, 2.24) is 0 Å². The molecule has 92 valence electrons. The highest BCUT2D eigenvalue weighted by Gasteiger charge is 2.25. The normalized spacial score (nSPS) is 13.2. The second-order valence-corrected chi connectivity index (χ2v) is 8.92. The van der Waals surface area contributed by atoms with Crippen LogP contribution in [-0.2, 0) is 4.43 Å². The molecule has 0 amide bonds. The summed E-state index contributed by atoms with van der Waals surface area (Å²) in [4.78, 5) is 0. The van der Waals surface area contributed by atoms with Gasteiger partial charge in [-0.1, -0.05) is 19.3 Å². The van der Waals surface area contributed by atoms with Crippen molar-refractivity contribution in [2.24, 2.45) is 0 Å². The topological polar surface area (TPSA) is 9.23 Å². The lowest BCUT2D eigenvalue weighted by molar-refractivity contribution is -0.135. The maximum Gasteiger partial charge on any atom is 0.389 e. The number of alkyl halides is 3. The van der Waals surface area contributed by atoms with Crippen molar-refractivity contribution < 1.29 is 17.6 Å². The van der Waals surface area contributed by atoms with Gasteiger partial charge in [-0.25, -0.2) is 0 Å². The zero-order valence-electron chi connectivity index (χ0n) is 9.78. The molecule has 0 atom stereocenters. The number of hydrogen-bond acceptors (Lipinski definition) is 1. The van der Waals surface area contributed by atoms with Gasteiger partial charge in [0.05, 0.1) is 0 Å². The van der Waals surface area contributed by atoms with E-state index in [0.29, 0.717) is 6.42 Å². The Labute approximate surface area is 91.1 Å². The average molecular weight is 242 g/mol.